The summed E-state index contributed by atoms with van der Waals surface area (Å²) >= 11 is 0. The van der Waals surface area contributed by atoms with E-state index in [1.54, 1.807) is 0 Å². The summed E-state index contributed by atoms with van der Waals surface area (Å²) in [6.07, 6.45) is 19.9. The van der Waals surface area contributed by atoms with E-state index in [2.05, 4.69) is 6.92 Å². The third-order valence-electron chi connectivity index (χ3n) is 3.98. The molecular formula is C18H36MgO3Zn+2. The Kier molecular flexibility index (Phi) is 38.0. The van der Waals surface area contributed by atoms with Crippen LogP contribution >= 0.6 is 0 Å². The first-order valence-corrected chi connectivity index (χ1v) is 8.97. The standard InChI is InChI=1S/C18H36O2.Mg.H2O.Zn/c1-2-3-4-5-6-7-8-9-10-11-12-13-14-15-16-17-18(19)20;;;/h2-17H2,1H3,(H,19,20);;1H2;/q;+2;;+2/p-2. The first kappa shape index (κ1) is 31.6. The van der Waals surface area contributed by atoms with Gasteiger partial charge in [-0.15, -0.1) is 0 Å². The maximum atomic E-state index is 10.2. The van der Waals surface area contributed by atoms with Crippen LogP contribution in [0.2, 0.25) is 0 Å². The Hall–Kier alpha value is 0.820. The summed E-state index contributed by atoms with van der Waals surface area (Å²) in [7, 11) is 0. The van der Waals surface area contributed by atoms with Crippen LogP contribution in [0.15, 0.2) is 0 Å². The van der Waals surface area contributed by atoms with Gasteiger partial charge in [-0.3, -0.25) is 0 Å². The van der Waals surface area contributed by atoms with Gasteiger partial charge < -0.3 is 15.4 Å². The molecule has 0 saturated heterocycles. The van der Waals surface area contributed by atoms with Crippen molar-refractivity contribution in [1.82, 2.24) is 0 Å². The van der Waals surface area contributed by atoms with Crippen LogP contribution in [-0.2, 0) is 24.3 Å². The minimum atomic E-state index is -0.903. The zero-order valence-electron chi connectivity index (χ0n) is 15.5. The maximum Gasteiger partial charge on any atom is 2.00 e. The van der Waals surface area contributed by atoms with Crippen molar-refractivity contribution < 1.29 is 34.9 Å². The molecule has 128 valence electrons. The molecule has 0 radical (unpaired) electrons. The van der Waals surface area contributed by atoms with E-state index in [1.807, 2.05) is 0 Å². The summed E-state index contributed by atoms with van der Waals surface area (Å²) < 4.78 is 0. The van der Waals surface area contributed by atoms with Gasteiger partial charge in [0.2, 0.25) is 0 Å². The van der Waals surface area contributed by atoms with Crippen LogP contribution in [0.4, 0.5) is 0 Å². The molecule has 0 aromatic rings. The third kappa shape index (κ3) is 31.1. The third-order valence-corrected chi connectivity index (χ3v) is 3.98. The number of unbranched alkanes of at least 4 members (excludes halogenated alkanes) is 14. The topological polar surface area (TPSA) is 70.1 Å². The summed E-state index contributed by atoms with van der Waals surface area (Å²) in [6.45, 7) is 2.27. The number of hydrogen-bond acceptors (Lipinski definition) is 3. The molecule has 0 aromatic carbocycles. The fraction of sp³-hybridized carbons (Fsp3) is 0.944. The van der Waals surface area contributed by atoms with E-state index in [-0.39, 0.29) is 54.4 Å². The zero-order chi connectivity index (χ0) is 14.9. The summed E-state index contributed by atoms with van der Waals surface area (Å²) in [5.74, 6) is -0.903. The molecular weight excluding hydrogens is 354 g/mol. The van der Waals surface area contributed by atoms with Crippen molar-refractivity contribution >= 4 is 29.0 Å². The Balaban J connectivity index is -0.000000602. The Labute approximate surface area is 173 Å². The monoisotopic (exact) mass is 388 g/mol. The van der Waals surface area contributed by atoms with Crippen molar-refractivity contribution in [2.75, 3.05) is 0 Å². The van der Waals surface area contributed by atoms with E-state index in [9.17, 15) is 9.90 Å². The molecule has 0 saturated carbocycles. The van der Waals surface area contributed by atoms with Gasteiger partial charge in [-0.2, -0.15) is 0 Å². The molecule has 5 heteroatoms. The number of rotatable bonds is 16. The molecule has 1 N–H and O–H groups in total. The van der Waals surface area contributed by atoms with Crippen LogP contribution in [-0.4, -0.2) is 34.5 Å². The minimum Gasteiger partial charge on any atom is -0.870 e. The normalized spacial score (nSPS) is 9.43. The molecule has 0 aliphatic carbocycles. The molecule has 0 bridgehead atoms. The second-order valence-electron chi connectivity index (χ2n) is 6.07. The van der Waals surface area contributed by atoms with Gasteiger partial charge >= 0.3 is 42.5 Å². The SMILES string of the molecule is CCCCCCCCCCCCCCCCCC(=O)[O-].[Mg+2].[OH-].[Zn+2]. The maximum absolute atomic E-state index is 10.2. The molecule has 0 aliphatic rings. The van der Waals surface area contributed by atoms with Crippen molar-refractivity contribution in [2.24, 2.45) is 0 Å². The van der Waals surface area contributed by atoms with Crippen LogP contribution in [0.5, 0.6) is 0 Å². The number of carboxylic acids is 1. The fourth-order valence-corrected chi connectivity index (χ4v) is 2.64. The molecule has 0 aliphatic heterocycles. The summed E-state index contributed by atoms with van der Waals surface area (Å²) in [5.41, 5.74) is 0. The van der Waals surface area contributed by atoms with Crippen LogP contribution in [0.1, 0.15) is 110 Å². The Bertz CT molecular complexity index is 216. The molecule has 0 unspecified atom stereocenters. The van der Waals surface area contributed by atoms with Crippen molar-refractivity contribution in [1.29, 1.82) is 0 Å². The average molecular weight is 390 g/mol. The Morgan fingerprint density at radius 1 is 0.652 bits per heavy atom. The Morgan fingerprint density at radius 3 is 1.17 bits per heavy atom. The molecule has 0 fully saturated rings. The fourth-order valence-electron chi connectivity index (χ4n) is 2.64. The molecule has 0 aromatic heterocycles. The van der Waals surface area contributed by atoms with E-state index in [4.69, 9.17) is 0 Å². The van der Waals surface area contributed by atoms with Gasteiger partial charge in [0.15, 0.2) is 0 Å². The number of carbonyl (C=O) groups is 1. The van der Waals surface area contributed by atoms with Gasteiger partial charge in [-0.1, -0.05) is 96.8 Å². The van der Waals surface area contributed by atoms with E-state index in [0.29, 0.717) is 0 Å². The number of hydrogen-bond donors (Lipinski definition) is 0. The Morgan fingerprint density at radius 2 is 0.913 bits per heavy atom. The van der Waals surface area contributed by atoms with Gasteiger partial charge in [0.05, 0.1) is 0 Å². The van der Waals surface area contributed by atoms with E-state index in [1.165, 1.54) is 83.5 Å². The van der Waals surface area contributed by atoms with E-state index in [0.717, 1.165) is 12.8 Å². The average Bonchev–Trinajstić information content (AvgIpc) is 2.43. The summed E-state index contributed by atoms with van der Waals surface area (Å²) in [6, 6.07) is 0. The smallest absolute Gasteiger partial charge is 0.870 e. The van der Waals surface area contributed by atoms with Crippen LogP contribution in [0, 0.1) is 0 Å². The zero-order valence-corrected chi connectivity index (χ0v) is 19.9. The van der Waals surface area contributed by atoms with Gasteiger partial charge in [0, 0.05) is 5.97 Å². The molecule has 0 spiro atoms. The predicted octanol–water partition coefficient (Wildman–Crippen LogP) is 4.44. The largest absolute Gasteiger partial charge is 2.00 e. The first-order chi connectivity index (χ1) is 9.77. The number of carboxylic acid groups (broad SMARTS) is 1. The van der Waals surface area contributed by atoms with Crippen molar-refractivity contribution in [2.45, 2.75) is 110 Å². The second kappa shape index (κ2) is 27.7. The van der Waals surface area contributed by atoms with Crippen molar-refractivity contribution in [3.63, 3.8) is 0 Å². The van der Waals surface area contributed by atoms with E-state index >= 15 is 0 Å². The number of aliphatic carboxylic acids is 1. The van der Waals surface area contributed by atoms with E-state index < -0.39 is 5.97 Å². The van der Waals surface area contributed by atoms with Gasteiger partial charge in [0.1, 0.15) is 0 Å². The van der Waals surface area contributed by atoms with Crippen LogP contribution in [0.25, 0.3) is 0 Å². The molecule has 0 rings (SSSR count). The second-order valence-corrected chi connectivity index (χ2v) is 6.07. The first-order valence-electron chi connectivity index (χ1n) is 8.97. The molecule has 23 heavy (non-hydrogen) atoms. The van der Waals surface area contributed by atoms with Gasteiger partial charge in [-0.05, 0) is 12.8 Å². The molecule has 0 heterocycles. The van der Waals surface area contributed by atoms with Crippen LogP contribution < -0.4 is 5.11 Å². The van der Waals surface area contributed by atoms with Gasteiger partial charge in [-0.25, -0.2) is 0 Å². The van der Waals surface area contributed by atoms with Crippen LogP contribution in [0.3, 0.4) is 0 Å². The van der Waals surface area contributed by atoms with Crippen molar-refractivity contribution in [3.8, 4) is 0 Å². The van der Waals surface area contributed by atoms with Gasteiger partial charge in [0.25, 0.3) is 0 Å². The predicted molar refractivity (Wildman–Crippen MR) is 92.2 cm³/mol. The number of carbonyl (C=O) groups excluding carboxylic acids is 1. The quantitative estimate of drug-likeness (QED) is 0.289. The molecule has 3 nitrogen and oxygen atoms in total. The molecule has 0 atom stereocenters. The minimum absolute atomic E-state index is 0. The molecule has 0 amide bonds. The summed E-state index contributed by atoms with van der Waals surface area (Å²) in [5, 5.41) is 10.2. The summed E-state index contributed by atoms with van der Waals surface area (Å²) in [4.78, 5) is 10.2. The van der Waals surface area contributed by atoms with Crippen molar-refractivity contribution in [3.05, 3.63) is 0 Å².